The molecule has 0 aliphatic carbocycles. The van der Waals surface area contributed by atoms with Crippen LogP contribution in [-0.4, -0.2) is 59.0 Å². The van der Waals surface area contributed by atoms with E-state index in [1.165, 1.54) is 42.6 Å². The number of alkyl halides is 3. The highest BCUT2D eigenvalue weighted by Gasteiger charge is 2.33. The number of hydrogen-bond acceptors (Lipinski definition) is 5. The Hall–Kier alpha value is -2.85. The van der Waals surface area contributed by atoms with Crippen molar-refractivity contribution in [1.29, 1.82) is 0 Å². The third kappa shape index (κ3) is 7.11. The minimum atomic E-state index is -4.73. The molecule has 0 bridgehead atoms. The number of aliphatic hydroxyl groups is 1. The molecule has 0 saturated carbocycles. The predicted molar refractivity (Wildman–Crippen MR) is 107 cm³/mol. The zero-order valence-electron chi connectivity index (χ0n) is 16.7. The molecule has 0 atom stereocenters. The fourth-order valence-corrected chi connectivity index (χ4v) is 3.54. The monoisotopic (exact) mass is 439 g/mol. The first-order valence-corrected chi connectivity index (χ1v) is 9.88. The molecular formula is C21H24F3N3O4. The van der Waals surface area contributed by atoms with Crippen molar-refractivity contribution in [3.05, 3.63) is 64.1 Å². The SMILES string of the molecule is O=C(NCCN1CCC(O)(Cc2ccc(OC(F)(F)F)cc2)CC1)c1ccc(=O)[nH]c1. The van der Waals surface area contributed by atoms with E-state index in [2.05, 4.69) is 19.9 Å². The van der Waals surface area contributed by atoms with Crippen molar-refractivity contribution in [2.24, 2.45) is 0 Å². The van der Waals surface area contributed by atoms with Crippen molar-refractivity contribution in [2.75, 3.05) is 26.2 Å². The largest absolute Gasteiger partial charge is 0.573 e. The summed E-state index contributed by atoms with van der Waals surface area (Å²) in [5.41, 5.74) is -0.0944. The Balaban J connectivity index is 1.41. The highest BCUT2D eigenvalue weighted by molar-refractivity contribution is 5.93. The van der Waals surface area contributed by atoms with Gasteiger partial charge in [-0.15, -0.1) is 13.2 Å². The molecule has 3 N–H and O–H groups in total. The van der Waals surface area contributed by atoms with Crippen LogP contribution in [0.15, 0.2) is 47.4 Å². The number of likely N-dealkylation sites (tertiary alicyclic amines) is 1. The van der Waals surface area contributed by atoms with E-state index >= 15 is 0 Å². The van der Waals surface area contributed by atoms with Crippen LogP contribution in [0.25, 0.3) is 0 Å². The van der Waals surface area contributed by atoms with Crippen LogP contribution in [0.5, 0.6) is 5.75 Å². The molecule has 1 aromatic heterocycles. The van der Waals surface area contributed by atoms with E-state index in [1.54, 1.807) is 0 Å². The van der Waals surface area contributed by atoms with Crippen LogP contribution in [0.2, 0.25) is 0 Å². The normalized spacial score (nSPS) is 16.6. The summed E-state index contributed by atoms with van der Waals surface area (Å²) in [5, 5.41) is 13.6. The number of ether oxygens (including phenoxy) is 1. The molecule has 7 nitrogen and oxygen atoms in total. The van der Waals surface area contributed by atoms with Crippen molar-refractivity contribution < 1.29 is 27.8 Å². The average molecular weight is 439 g/mol. The number of hydrogen-bond donors (Lipinski definition) is 3. The number of aromatic amines is 1. The molecule has 1 aliphatic rings. The van der Waals surface area contributed by atoms with Gasteiger partial charge in [0.25, 0.3) is 5.91 Å². The van der Waals surface area contributed by atoms with Gasteiger partial charge in [-0.1, -0.05) is 12.1 Å². The first-order valence-electron chi connectivity index (χ1n) is 9.88. The summed E-state index contributed by atoms with van der Waals surface area (Å²) >= 11 is 0. The Morgan fingerprint density at radius 2 is 1.84 bits per heavy atom. The van der Waals surface area contributed by atoms with Crippen molar-refractivity contribution in [1.82, 2.24) is 15.2 Å². The summed E-state index contributed by atoms with van der Waals surface area (Å²) in [5.74, 6) is -0.565. The first kappa shape index (κ1) is 22.8. The number of H-pyrrole nitrogens is 1. The van der Waals surface area contributed by atoms with Crippen LogP contribution in [0, 0.1) is 0 Å². The minimum absolute atomic E-state index is 0.275. The lowest BCUT2D eigenvalue weighted by atomic mass is 9.85. The molecule has 1 saturated heterocycles. The number of piperidine rings is 1. The van der Waals surface area contributed by atoms with E-state index in [0.29, 0.717) is 51.0 Å². The molecule has 0 radical (unpaired) electrons. The fourth-order valence-electron chi connectivity index (χ4n) is 3.54. The summed E-state index contributed by atoms with van der Waals surface area (Å²) in [7, 11) is 0. The molecule has 0 unspecified atom stereocenters. The summed E-state index contributed by atoms with van der Waals surface area (Å²) in [6.07, 6.45) is -1.99. The van der Waals surface area contributed by atoms with E-state index < -0.39 is 12.0 Å². The number of halogens is 3. The number of rotatable bonds is 7. The summed E-state index contributed by atoms with van der Waals surface area (Å²) < 4.78 is 40.6. The molecule has 31 heavy (non-hydrogen) atoms. The average Bonchev–Trinajstić information content (AvgIpc) is 2.70. The summed E-state index contributed by atoms with van der Waals surface area (Å²) in [4.78, 5) is 27.7. The van der Waals surface area contributed by atoms with Crippen LogP contribution in [0.4, 0.5) is 13.2 Å². The van der Waals surface area contributed by atoms with Gasteiger partial charge in [-0.2, -0.15) is 0 Å². The summed E-state index contributed by atoms with van der Waals surface area (Å²) in [6.45, 7) is 2.33. The van der Waals surface area contributed by atoms with Gasteiger partial charge in [-0.25, -0.2) is 0 Å². The van der Waals surface area contributed by atoms with Gasteiger partial charge in [-0.3, -0.25) is 9.59 Å². The second-order valence-corrected chi connectivity index (χ2v) is 7.63. The van der Waals surface area contributed by atoms with Crippen molar-refractivity contribution in [2.45, 2.75) is 31.2 Å². The second kappa shape index (κ2) is 9.52. The van der Waals surface area contributed by atoms with Crippen molar-refractivity contribution >= 4 is 5.91 Å². The van der Waals surface area contributed by atoms with Gasteiger partial charge >= 0.3 is 6.36 Å². The maximum absolute atomic E-state index is 12.2. The van der Waals surface area contributed by atoms with Gasteiger partial charge in [0.05, 0.1) is 11.2 Å². The zero-order valence-corrected chi connectivity index (χ0v) is 16.7. The molecule has 1 fully saturated rings. The third-order valence-electron chi connectivity index (χ3n) is 5.24. The molecule has 0 spiro atoms. The minimum Gasteiger partial charge on any atom is -0.406 e. The zero-order chi connectivity index (χ0) is 22.5. The highest BCUT2D eigenvalue weighted by Crippen LogP contribution is 2.28. The lowest BCUT2D eigenvalue weighted by molar-refractivity contribution is -0.274. The van der Waals surface area contributed by atoms with Gasteiger partial charge in [-0.05, 0) is 36.6 Å². The molecule has 1 aliphatic heterocycles. The van der Waals surface area contributed by atoms with Crippen LogP contribution in [-0.2, 0) is 6.42 Å². The number of carbonyl (C=O) groups is 1. The number of carbonyl (C=O) groups excluding carboxylic acids is 1. The Morgan fingerprint density at radius 1 is 1.16 bits per heavy atom. The number of aromatic nitrogens is 1. The van der Waals surface area contributed by atoms with Crippen LogP contribution in [0.3, 0.4) is 0 Å². The lowest BCUT2D eigenvalue weighted by Crippen LogP contribution is -2.47. The number of benzene rings is 1. The van der Waals surface area contributed by atoms with Gasteiger partial charge in [0.1, 0.15) is 5.75 Å². The molecule has 1 amide bonds. The Bertz CT molecular complexity index is 916. The number of nitrogens with zero attached hydrogens (tertiary/aromatic N) is 1. The molecule has 2 aromatic rings. The topological polar surface area (TPSA) is 94.7 Å². The first-order chi connectivity index (χ1) is 14.6. The van der Waals surface area contributed by atoms with E-state index in [1.807, 2.05) is 0 Å². The van der Waals surface area contributed by atoms with E-state index in [-0.39, 0.29) is 17.2 Å². The quantitative estimate of drug-likeness (QED) is 0.614. The maximum Gasteiger partial charge on any atom is 0.573 e. The maximum atomic E-state index is 12.2. The standard InChI is InChI=1S/C21H24F3N3O4/c22-21(23,24)31-17-4-1-15(2-5-17)13-20(30)7-10-27(11-8-20)12-9-25-19(29)16-3-6-18(28)26-14-16/h1-6,14,30H,7-13H2,(H,25,29)(H,26,28). The molecular weight excluding hydrogens is 415 g/mol. The number of nitrogens with one attached hydrogen (secondary N) is 2. The van der Waals surface area contributed by atoms with Crippen LogP contribution < -0.4 is 15.6 Å². The van der Waals surface area contributed by atoms with E-state index in [4.69, 9.17) is 0 Å². The van der Waals surface area contributed by atoms with Gasteiger partial charge in [0, 0.05) is 44.9 Å². The molecule has 168 valence electrons. The van der Waals surface area contributed by atoms with Gasteiger partial charge < -0.3 is 25.0 Å². The fraction of sp³-hybridized carbons (Fsp3) is 0.429. The van der Waals surface area contributed by atoms with E-state index in [9.17, 15) is 27.9 Å². The van der Waals surface area contributed by atoms with E-state index in [0.717, 1.165) is 5.56 Å². The van der Waals surface area contributed by atoms with Crippen LogP contribution in [0.1, 0.15) is 28.8 Å². The van der Waals surface area contributed by atoms with Crippen LogP contribution >= 0.6 is 0 Å². The highest BCUT2D eigenvalue weighted by atomic mass is 19.4. The number of amides is 1. The Labute approximate surface area is 176 Å². The third-order valence-corrected chi connectivity index (χ3v) is 5.24. The Kier molecular flexibility index (Phi) is 7.01. The molecule has 1 aromatic carbocycles. The van der Waals surface area contributed by atoms with Crippen molar-refractivity contribution in [3.8, 4) is 5.75 Å². The molecule has 3 rings (SSSR count). The Morgan fingerprint density at radius 3 is 2.42 bits per heavy atom. The second-order valence-electron chi connectivity index (χ2n) is 7.63. The van der Waals surface area contributed by atoms with Gasteiger partial charge in [0.2, 0.25) is 5.56 Å². The summed E-state index contributed by atoms with van der Waals surface area (Å²) in [6, 6.07) is 8.28. The number of pyridine rings is 1. The van der Waals surface area contributed by atoms with Gasteiger partial charge in [0.15, 0.2) is 0 Å². The molecule has 10 heteroatoms. The lowest BCUT2D eigenvalue weighted by Gasteiger charge is -2.38. The van der Waals surface area contributed by atoms with Crippen molar-refractivity contribution in [3.63, 3.8) is 0 Å². The predicted octanol–water partition coefficient (Wildman–Crippen LogP) is 2.07. The smallest absolute Gasteiger partial charge is 0.406 e. The molecule has 2 heterocycles.